The molecule has 1 aliphatic rings. The molecule has 0 radical (unpaired) electrons. The number of rotatable bonds is 4. The van der Waals surface area contributed by atoms with Gasteiger partial charge < -0.3 is 9.88 Å². The van der Waals surface area contributed by atoms with Crippen LogP contribution in [0.1, 0.15) is 37.0 Å². The largest absolute Gasteiger partial charge is 0.326 e. The zero-order valence-electron chi connectivity index (χ0n) is 18.4. The first-order chi connectivity index (χ1) is 15.4. The van der Waals surface area contributed by atoms with E-state index in [4.69, 9.17) is 0 Å². The maximum absolute atomic E-state index is 14.8. The third-order valence-corrected chi connectivity index (χ3v) is 5.49. The fourth-order valence-corrected chi connectivity index (χ4v) is 4.08. The maximum atomic E-state index is 14.8. The molecule has 0 bridgehead atoms. The molecule has 0 saturated heterocycles. The molecule has 0 unspecified atom stereocenters. The Bertz CT molecular complexity index is 1340. The number of hydrogen-bond donors (Lipinski definition) is 2. The van der Waals surface area contributed by atoms with E-state index in [1.165, 1.54) is 6.07 Å². The molecule has 4 heterocycles. The van der Waals surface area contributed by atoms with Crippen LogP contribution >= 0.6 is 12.4 Å². The molecule has 11 heteroatoms. The highest BCUT2D eigenvalue weighted by molar-refractivity contribution is 5.85. The third kappa shape index (κ3) is 4.23. The normalized spacial score (nSPS) is 13.2. The number of benzene rings is 1. The van der Waals surface area contributed by atoms with Gasteiger partial charge in [0.2, 0.25) is 11.9 Å². The van der Waals surface area contributed by atoms with Crippen molar-refractivity contribution in [2.24, 2.45) is 0 Å². The molecule has 0 amide bonds. The predicted molar refractivity (Wildman–Crippen MR) is 124 cm³/mol. The zero-order chi connectivity index (χ0) is 22.4. The van der Waals surface area contributed by atoms with Crippen LogP contribution in [0, 0.1) is 18.6 Å². The standard InChI is InChI=1S/C22H22F2N8.ClH/c1-11(2)32-12(3)28-20-15(23)6-13(7-18(20)32)19-16(24)10-27-22(30-19)31-21-26-9-14-8-25-5-4-17(14)29-21;/h6-7,9-11,25H,4-5,8H2,1-3H3,(H,26,27,29,30,31);1H. The van der Waals surface area contributed by atoms with E-state index in [-0.39, 0.29) is 35.6 Å². The summed E-state index contributed by atoms with van der Waals surface area (Å²) in [6.07, 6.45) is 3.60. The van der Waals surface area contributed by atoms with E-state index in [0.29, 0.717) is 22.9 Å². The summed E-state index contributed by atoms with van der Waals surface area (Å²) in [5.74, 6) is -0.0303. The van der Waals surface area contributed by atoms with E-state index in [1.807, 2.05) is 25.3 Å². The second-order valence-corrected chi connectivity index (χ2v) is 8.06. The SMILES string of the molecule is Cc1nc2c(F)cc(-c3nc(Nc4ncc5c(n4)CCNC5)ncc3F)cc2n1C(C)C.Cl. The summed E-state index contributed by atoms with van der Waals surface area (Å²) in [4.78, 5) is 21.4. The van der Waals surface area contributed by atoms with Crippen LogP contribution in [0.4, 0.5) is 20.7 Å². The minimum atomic E-state index is -0.654. The molecular formula is C22H23ClF2N8. The van der Waals surface area contributed by atoms with E-state index in [1.54, 1.807) is 12.3 Å². The second-order valence-electron chi connectivity index (χ2n) is 8.06. The molecule has 5 rings (SSSR count). The van der Waals surface area contributed by atoms with Gasteiger partial charge in [-0.1, -0.05) is 0 Å². The number of nitrogens with zero attached hydrogens (tertiary/aromatic N) is 6. The van der Waals surface area contributed by atoms with Gasteiger partial charge in [0.25, 0.3) is 0 Å². The average molecular weight is 473 g/mol. The molecule has 0 fully saturated rings. The van der Waals surface area contributed by atoms with Crippen LogP contribution in [0.5, 0.6) is 0 Å². The van der Waals surface area contributed by atoms with Crippen molar-refractivity contribution in [1.29, 1.82) is 0 Å². The van der Waals surface area contributed by atoms with E-state index in [0.717, 1.165) is 37.0 Å². The van der Waals surface area contributed by atoms with Gasteiger partial charge >= 0.3 is 0 Å². The number of nitrogens with one attached hydrogen (secondary N) is 2. The van der Waals surface area contributed by atoms with Gasteiger partial charge in [0.1, 0.15) is 17.0 Å². The van der Waals surface area contributed by atoms with E-state index in [9.17, 15) is 8.78 Å². The Kier molecular flexibility index (Phi) is 6.22. The number of imidazole rings is 1. The Morgan fingerprint density at radius 2 is 1.79 bits per heavy atom. The molecule has 1 aliphatic heterocycles. The first-order valence-electron chi connectivity index (χ1n) is 10.4. The molecule has 1 aromatic carbocycles. The summed E-state index contributed by atoms with van der Waals surface area (Å²) < 4.78 is 31.4. The number of anilines is 2. The topological polar surface area (TPSA) is 93.4 Å². The van der Waals surface area contributed by atoms with Gasteiger partial charge in [-0.3, -0.25) is 5.32 Å². The molecule has 4 aromatic rings. The number of aryl methyl sites for hydroxylation is 1. The van der Waals surface area contributed by atoms with Gasteiger partial charge in [-0.15, -0.1) is 12.4 Å². The highest BCUT2D eigenvalue weighted by Crippen LogP contribution is 2.30. The fraction of sp³-hybridized carbons (Fsp3) is 0.318. The van der Waals surface area contributed by atoms with Crippen molar-refractivity contribution in [2.75, 3.05) is 11.9 Å². The zero-order valence-corrected chi connectivity index (χ0v) is 19.2. The third-order valence-electron chi connectivity index (χ3n) is 5.49. The van der Waals surface area contributed by atoms with E-state index in [2.05, 4.69) is 35.6 Å². The molecule has 0 atom stereocenters. The van der Waals surface area contributed by atoms with Crippen molar-refractivity contribution in [3.63, 3.8) is 0 Å². The van der Waals surface area contributed by atoms with Gasteiger partial charge in [-0.2, -0.15) is 0 Å². The van der Waals surface area contributed by atoms with Crippen molar-refractivity contribution in [1.82, 2.24) is 34.8 Å². The van der Waals surface area contributed by atoms with Crippen LogP contribution in [0.25, 0.3) is 22.3 Å². The van der Waals surface area contributed by atoms with Crippen molar-refractivity contribution in [2.45, 2.75) is 39.8 Å². The molecule has 8 nitrogen and oxygen atoms in total. The van der Waals surface area contributed by atoms with Gasteiger partial charge in [0.15, 0.2) is 11.6 Å². The van der Waals surface area contributed by atoms with Gasteiger partial charge in [0.05, 0.1) is 17.4 Å². The summed E-state index contributed by atoms with van der Waals surface area (Å²) in [5, 5.41) is 6.20. The predicted octanol–water partition coefficient (Wildman–Crippen LogP) is 4.26. The number of fused-ring (bicyclic) bond motifs is 2. The van der Waals surface area contributed by atoms with Crippen LogP contribution in [-0.4, -0.2) is 36.0 Å². The molecule has 172 valence electrons. The van der Waals surface area contributed by atoms with E-state index >= 15 is 0 Å². The lowest BCUT2D eigenvalue weighted by molar-refractivity contribution is 0.600. The smallest absolute Gasteiger partial charge is 0.230 e. The summed E-state index contributed by atoms with van der Waals surface area (Å²) in [7, 11) is 0. The van der Waals surface area contributed by atoms with Crippen molar-refractivity contribution in [3.8, 4) is 11.3 Å². The first kappa shape index (κ1) is 22.9. The Morgan fingerprint density at radius 1 is 1.03 bits per heavy atom. The lowest BCUT2D eigenvalue weighted by atomic mass is 10.1. The minimum Gasteiger partial charge on any atom is -0.326 e. The highest BCUT2D eigenvalue weighted by atomic mass is 35.5. The molecular weight excluding hydrogens is 450 g/mol. The monoisotopic (exact) mass is 472 g/mol. The summed E-state index contributed by atoms with van der Waals surface area (Å²) >= 11 is 0. The Morgan fingerprint density at radius 3 is 2.58 bits per heavy atom. The Hall–Kier alpha value is -3.24. The summed E-state index contributed by atoms with van der Waals surface area (Å²) in [6, 6.07) is 3.02. The lowest BCUT2D eigenvalue weighted by Gasteiger charge is -2.16. The van der Waals surface area contributed by atoms with Gasteiger partial charge in [-0.05, 0) is 32.9 Å². The molecule has 33 heavy (non-hydrogen) atoms. The quantitative estimate of drug-likeness (QED) is 0.458. The summed E-state index contributed by atoms with van der Waals surface area (Å²) in [6.45, 7) is 7.37. The van der Waals surface area contributed by atoms with Gasteiger partial charge in [-0.25, -0.2) is 33.7 Å². The van der Waals surface area contributed by atoms with Crippen molar-refractivity contribution < 1.29 is 8.78 Å². The molecule has 2 N–H and O–H groups in total. The molecule has 0 saturated carbocycles. The number of halogens is 3. The first-order valence-corrected chi connectivity index (χ1v) is 10.4. The second kappa shape index (κ2) is 8.95. The Balaban J connectivity index is 0.00000259. The van der Waals surface area contributed by atoms with Crippen LogP contribution < -0.4 is 10.6 Å². The highest BCUT2D eigenvalue weighted by Gasteiger charge is 2.19. The summed E-state index contributed by atoms with van der Waals surface area (Å²) in [5.41, 5.74) is 3.13. The fourth-order valence-electron chi connectivity index (χ4n) is 4.08. The van der Waals surface area contributed by atoms with Crippen LogP contribution in [-0.2, 0) is 13.0 Å². The number of hydrogen-bond acceptors (Lipinski definition) is 7. The minimum absolute atomic E-state index is 0. The maximum Gasteiger partial charge on any atom is 0.230 e. The van der Waals surface area contributed by atoms with Crippen LogP contribution in [0.3, 0.4) is 0 Å². The molecule has 0 spiro atoms. The molecule has 3 aromatic heterocycles. The van der Waals surface area contributed by atoms with Crippen molar-refractivity contribution in [3.05, 3.63) is 53.2 Å². The van der Waals surface area contributed by atoms with Crippen LogP contribution in [0.2, 0.25) is 0 Å². The van der Waals surface area contributed by atoms with E-state index < -0.39 is 11.6 Å². The lowest BCUT2D eigenvalue weighted by Crippen LogP contribution is -2.25. The van der Waals surface area contributed by atoms with Gasteiger partial charge in [0, 0.05) is 42.9 Å². The molecule has 0 aliphatic carbocycles. The average Bonchev–Trinajstić information content (AvgIpc) is 3.11. The van der Waals surface area contributed by atoms with Crippen molar-refractivity contribution >= 4 is 35.3 Å². The van der Waals surface area contributed by atoms with Crippen LogP contribution in [0.15, 0.2) is 24.5 Å². The Labute approximate surface area is 195 Å². The number of aromatic nitrogens is 6.